The van der Waals surface area contributed by atoms with E-state index in [1.165, 1.54) is 12.6 Å². The first-order valence-corrected chi connectivity index (χ1v) is 7.85. The predicted molar refractivity (Wildman–Crippen MR) is 89.5 cm³/mol. The number of para-hydroxylation sites is 2. The third-order valence-electron chi connectivity index (χ3n) is 3.93. The van der Waals surface area contributed by atoms with Crippen LogP contribution >= 0.6 is 0 Å². The van der Waals surface area contributed by atoms with Crippen LogP contribution in [0.4, 0.5) is 0 Å². The lowest BCUT2D eigenvalue weighted by molar-refractivity contribution is -0.123. The number of hydrazone groups is 1. The Morgan fingerprint density at radius 3 is 2.79 bits per heavy atom. The van der Waals surface area contributed by atoms with E-state index in [-0.39, 0.29) is 12.5 Å². The van der Waals surface area contributed by atoms with Crippen LogP contribution in [-0.2, 0) is 4.79 Å². The first-order chi connectivity index (χ1) is 11.7. The molecule has 1 amide bonds. The number of nitrogens with zero attached hydrogens (tertiary/aromatic N) is 1. The van der Waals surface area contributed by atoms with Crippen LogP contribution in [0.2, 0.25) is 0 Å². The predicted octanol–water partition coefficient (Wildman–Crippen LogP) is 2.94. The largest absolute Gasteiger partial charge is 0.493 e. The summed E-state index contributed by atoms with van der Waals surface area (Å²) >= 11 is 0. The molecule has 126 valence electrons. The molecule has 1 N–H and O–H groups in total. The molecule has 1 aromatic carbocycles. The van der Waals surface area contributed by atoms with Crippen molar-refractivity contribution in [2.45, 2.75) is 19.3 Å². The first-order valence-electron chi connectivity index (χ1n) is 7.85. The van der Waals surface area contributed by atoms with Gasteiger partial charge < -0.3 is 13.9 Å². The molecule has 1 aliphatic rings. The zero-order chi connectivity index (χ0) is 16.9. The Morgan fingerprint density at radius 2 is 2.08 bits per heavy atom. The van der Waals surface area contributed by atoms with Gasteiger partial charge in [-0.2, -0.15) is 5.10 Å². The van der Waals surface area contributed by atoms with Crippen molar-refractivity contribution in [1.29, 1.82) is 0 Å². The topological polar surface area (TPSA) is 73.1 Å². The highest BCUT2D eigenvalue weighted by atomic mass is 16.5. The van der Waals surface area contributed by atoms with Gasteiger partial charge in [-0.1, -0.05) is 19.1 Å². The van der Waals surface area contributed by atoms with E-state index in [0.29, 0.717) is 29.1 Å². The van der Waals surface area contributed by atoms with Crippen LogP contribution < -0.4 is 14.9 Å². The SMILES string of the molecule is COc1ccccc1OCC(=O)N/N=C\c1ccc([C@@H]2C[C@@H]2C)o1. The van der Waals surface area contributed by atoms with E-state index >= 15 is 0 Å². The van der Waals surface area contributed by atoms with Crippen LogP contribution in [0.15, 0.2) is 45.9 Å². The number of rotatable bonds is 7. The fourth-order valence-corrected chi connectivity index (χ4v) is 2.44. The van der Waals surface area contributed by atoms with Gasteiger partial charge in [-0.3, -0.25) is 4.79 Å². The van der Waals surface area contributed by atoms with E-state index in [2.05, 4.69) is 17.5 Å². The van der Waals surface area contributed by atoms with Crippen LogP contribution in [0.5, 0.6) is 11.5 Å². The lowest BCUT2D eigenvalue weighted by Crippen LogP contribution is -2.24. The highest BCUT2D eigenvalue weighted by Crippen LogP contribution is 2.47. The normalized spacial score (nSPS) is 19.2. The smallest absolute Gasteiger partial charge is 0.277 e. The van der Waals surface area contributed by atoms with Crippen molar-refractivity contribution in [3.8, 4) is 11.5 Å². The van der Waals surface area contributed by atoms with E-state index in [0.717, 1.165) is 5.76 Å². The minimum absolute atomic E-state index is 0.152. The number of furan rings is 1. The lowest BCUT2D eigenvalue weighted by atomic mass is 10.3. The van der Waals surface area contributed by atoms with Gasteiger partial charge in [-0.15, -0.1) is 0 Å². The fourth-order valence-electron chi connectivity index (χ4n) is 2.44. The molecule has 0 radical (unpaired) electrons. The van der Waals surface area contributed by atoms with Crippen LogP contribution in [0.25, 0.3) is 0 Å². The Bertz CT molecular complexity index is 738. The first kappa shape index (κ1) is 16.1. The molecule has 1 heterocycles. The maximum atomic E-state index is 11.8. The highest BCUT2D eigenvalue weighted by Gasteiger charge is 2.36. The molecule has 0 saturated heterocycles. The van der Waals surface area contributed by atoms with E-state index in [9.17, 15) is 4.79 Å². The maximum Gasteiger partial charge on any atom is 0.277 e. The summed E-state index contributed by atoms with van der Waals surface area (Å²) < 4.78 is 16.2. The van der Waals surface area contributed by atoms with Crippen molar-refractivity contribution < 1.29 is 18.7 Å². The van der Waals surface area contributed by atoms with Crippen molar-refractivity contribution in [3.63, 3.8) is 0 Å². The molecule has 1 aliphatic carbocycles. The van der Waals surface area contributed by atoms with Crippen LogP contribution in [-0.4, -0.2) is 25.8 Å². The molecule has 6 heteroatoms. The number of hydrogen-bond donors (Lipinski definition) is 1. The summed E-state index contributed by atoms with van der Waals surface area (Å²) in [6, 6.07) is 10.9. The number of methoxy groups -OCH3 is 1. The zero-order valence-electron chi connectivity index (χ0n) is 13.7. The number of benzene rings is 1. The second kappa shape index (κ2) is 7.21. The summed E-state index contributed by atoms with van der Waals surface area (Å²) in [5, 5.41) is 3.88. The number of carbonyl (C=O) groups is 1. The van der Waals surface area contributed by atoms with Crippen molar-refractivity contribution in [1.82, 2.24) is 5.43 Å². The Hall–Kier alpha value is -2.76. The van der Waals surface area contributed by atoms with Gasteiger partial charge in [0.1, 0.15) is 11.5 Å². The van der Waals surface area contributed by atoms with Crippen molar-refractivity contribution in [3.05, 3.63) is 47.9 Å². The number of ether oxygens (including phenoxy) is 2. The minimum atomic E-state index is -0.361. The molecule has 0 bridgehead atoms. The third-order valence-corrected chi connectivity index (χ3v) is 3.93. The summed E-state index contributed by atoms with van der Waals surface area (Å²) in [7, 11) is 1.55. The molecule has 2 atom stereocenters. The number of nitrogens with one attached hydrogen (secondary N) is 1. The van der Waals surface area contributed by atoms with Crippen molar-refractivity contribution >= 4 is 12.1 Å². The minimum Gasteiger partial charge on any atom is -0.493 e. The monoisotopic (exact) mass is 328 g/mol. The molecular formula is C18H20N2O4. The van der Waals surface area contributed by atoms with Crippen molar-refractivity contribution in [2.24, 2.45) is 11.0 Å². The average Bonchev–Trinajstić information content (AvgIpc) is 3.14. The summed E-state index contributed by atoms with van der Waals surface area (Å²) in [5.41, 5.74) is 2.41. The Labute approximate surface area is 140 Å². The second-order valence-corrected chi connectivity index (χ2v) is 5.79. The van der Waals surface area contributed by atoms with Gasteiger partial charge >= 0.3 is 0 Å². The summed E-state index contributed by atoms with van der Waals surface area (Å²) in [4.78, 5) is 11.8. The standard InChI is InChI=1S/C18H20N2O4/c1-12-9-14(12)15-8-7-13(24-15)10-19-20-18(21)11-23-17-6-4-3-5-16(17)22-2/h3-8,10,12,14H,9,11H2,1-2H3,(H,20,21)/b19-10-/t12-,14+/m0/s1. The summed E-state index contributed by atoms with van der Waals surface area (Å²) in [5.74, 6) is 3.54. The molecular weight excluding hydrogens is 308 g/mol. The number of carbonyl (C=O) groups excluding carboxylic acids is 1. The van der Waals surface area contributed by atoms with E-state index in [1.807, 2.05) is 24.3 Å². The third kappa shape index (κ3) is 3.95. The maximum absolute atomic E-state index is 11.8. The molecule has 0 unspecified atom stereocenters. The van der Waals surface area contributed by atoms with Gasteiger partial charge in [0, 0.05) is 5.92 Å². The summed E-state index contributed by atoms with van der Waals surface area (Å²) in [6.45, 7) is 2.05. The Balaban J connectivity index is 1.46. The van der Waals surface area contributed by atoms with Gasteiger partial charge in [-0.05, 0) is 36.6 Å². The van der Waals surface area contributed by atoms with E-state index in [4.69, 9.17) is 13.9 Å². The molecule has 6 nitrogen and oxygen atoms in total. The van der Waals surface area contributed by atoms with Gasteiger partial charge in [0.25, 0.3) is 5.91 Å². The second-order valence-electron chi connectivity index (χ2n) is 5.79. The molecule has 1 aromatic heterocycles. The van der Waals surface area contributed by atoms with Crippen LogP contribution in [0.3, 0.4) is 0 Å². The van der Waals surface area contributed by atoms with E-state index in [1.54, 1.807) is 19.2 Å². The zero-order valence-corrected chi connectivity index (χ0v) is 13.7. The van der Waals surface area contributed by atoms with Gasteiger partial charge in [0.05, 0.1) is 13.3 Å². The number of amides is 1. The van der Waals surface area contributed by atoms with Gasteiger partial charge in [0.15, 0.2) is 18.1 Å². The van der Waals surface area contributed by atoms with Crippen molar-refractivity contribution in [2.75, 3.05) is 13.7 Å². The van der Waals surface area contributed by atoms with Crippen LogP contribution in [0, 0.1) is 5.92 Å². The molecule has 24 heavy (non-hydrogen) atoms. The van der Waals surface area contributed by atoms with Gasteiger partial charge in [-0.25, -0.2) is 5.43 Å². The molecule has 0 aliphatic heterocycles. The Kier molecular flexibility index (Phi) is 4.84. The quantitative estimate of drug-likeness (QED) is 0.626. The molecule has 1 fully saturated rings. The van der Waals surface area contributed by atoms with E-state index < -0.39 is 0 Å². The van der Waals surface area contributed by atoms with Crippen LogP contribution in [0.1, 0.15) is 30.8 Å². The fraction of sp³-hybridized carbons (Fsp3) is 0.333. The summed E-state index contributed by atoms with van der Waals surface area (Å²) in [6.07, 6.45) is 2.65. The molecule has 0 spiro atoms. The molecule has 3 rings (SSSR count). The van der Waals surface area contributed by atoms with Gasteiger partial charge in [0.2, 0.25) is 0 Å². The number of hydrogen-bond acceptors (Lipinski definition) is 5. The molecule has 2 aromatic rings. The average molecular weight is 328 g/mol. The molecule has 1 saturated carbocycles. The lowest BCUT2D eigenvalue weighted by Gasteiger charge is -2.08. The Morgan fingerprint density at radius 1 is 1.33 bits per heavy atom. The highest BCUT2D eigenvalue weighted by molar-refractivity contribution is 5.81.